The number of carboxylic acids is 1. The van der Waals surface area contributed by atoms with E-state index in [1.165, 1.54) is 67.7 Å². The largest absolute Gasteiger partial charge is 0.497 e. The Balaban J connectivity index is 0.746. The Morgan fingerprint density at radius 3 is 1.46 bits per heavy atom. The van der Waals surface area contributed by atoms with E-state index in [9.17, 15) is 24.3 Å². The maximum atomic E-state index is 16.5. The number of methoxy groups -OCH3 is 1. The molecular formula is C104H94N14O14. The molecule has 16 rings (SSSR count). The zero-order chi connectivity index (χ0) is 92.9. The number of aromatic nitrogens is 2. The van der Waals surface area contributed by atoms with E-state index < -0.39 is 127 Å². The molecule has 0 radical (unpaired) electrons. The molecule has 3 aliphatic heterocycles. The van der Waals surface area contributed by atoms with Gasteiger partial charge in [0.05, 0.1) is 64.4 Å². The number of anilines is 14. The Morgan fingerprint density at radius 1 is 0.432 bits per heavy atom. The first kappa shape index (κ1) is 88.8. The minimum Gasteiger partial charge on any atom is -0.497 e. The normalized spacial score (nSPS) is 15.6. The van der Waals surface area contributed by atoms with Gasteiger partial charge in [-0.2, -0.15) is 5.10 Å². The summed E-state index contributed by atoms with van der Waals surface area (Å²) in [5.74, 6) is -9.27. The second-order valence-electron chi connectivity index (χ2n) is 33.3. The first-order valence-electron chi connectivity index (χ1n) is 43.2. The fourth-order valence-electron chi connectivity index (χ4n) is 17.4. The van der Waals surface area contributed by atoms with Crippen LogP contribution in [0.15, 0.2) is 303 Å². The minimum atomic E-state index is -2.10. The number of para-hydroxylation sites is 8. The quantitative estimate of drug-likeness (QED) is 0.0315. The summed E-state index contributed by atoms with van der Waals surface area (Å²) in [5, 5.41) is 26.4. The van der Waals surface area contributed by atoms with Gasteiger partial charge in [-0.25, -0.2) is 9.59 Å². The molecule has 1 aromatic heterocycles. The van der Waals surface area contributed by atoms with Crippen molar-refractivity contribution < 1.29 is 67.4 Å². The average molecular weight is 1760 g/mol. The molecule has 28 nitrogen and oxygen atoms in total. The zero-order valence-electron chi connectivity index (χ0n) is 73.5. The number of hydrogen-bond donors (Lipinski definition) is 5. The number of nitrogens with one attached hydrogen (secondary N) is 4. The Kier molecular flexibility index (Phi) is 25.4. The fraction of sp³-hybridized carbons (Fsp3) is 0.183. The number of benzene rings is 12. The third kappa shape index (κ3) is 17.7. The van der Waals surface area contributed by atoms with Gasteiger partial charge in [0, 0.05) is 81.0 Å². The number of fused-ring (bicyclic) bond motifs is 4. The van der Waals surface area contributed by atoms with Gasteiger partial charge in [-0.15, -0.1) is 0 Å². The van der Waals surface area contributed by atoms with E-state index in [4.69, 9.17) is 9.84 Å². The van der Waals surface area contributed by atoms with Crippen molar-refractivity contribution >= 4 is 162 Å². The molecule has 0 aliphatic carbocycles. The van der Waals surface area contributed by atoms with Crippen molar-refractivity contribution in [3.8, 4) is 28.0 Å². The Labute approximate surface area is 761 Å². The molecule has 13 aromatic rings. The van der Waals surface area contributed by atoms with Crippen LogP contribution in [0.5, 0.6) is 5.75 Å². The number of urea groups is 1. The van der Waals surface area contributed by atoms with Gasteiger partial charge in [-0.05, 0) is 217 Å². The van der Waals surface area contributed by atoms with E-state index >= 15 is 38.4 Å². The highest BCUT2D eigenvalue weighted by molar-refractivity contribution is 6.28. The Bertz CT molecular complexity index is 6640. The second kappa shape index (κ2) is 37.7. The number of rotatable bonds is 26. The molecule has 0 saturated heterocycles. The molecule has 28 heteroatoms. The van der Waals surface area contributed by atoms with Crippen molar-refractivity contribution in [1.82, 2.24) is 15.5 Å². The molecule has 0 saturated carbocycles. The van der Waals surface area contributed by atoms with E-state index in [1.54, 1.807) is 271 Å². The monoisotopic (exact) mass is 1760 g/mol. The smallest absolute Gasteiger partial charge is 0.335 e. The predicted octanol–water partition coefficient (Wildman–Crippen LogP) is 17.0. The van der Waals surface area contributed by atoms with Gasteiger partial charge >= 0.3 is 12.0 Å². The summed E-state index contributed by atoms with van der Waals surface area (Å²) in [6, 6.07) is 81.0. The molecule has 3 aliphatic rings. The molecule has 0 bridgehead atoms. The van der Waals surface area contributed by atoms with Crippen molar-refractivity contribution in [2.75, 3.05) is 81.5 Å². The maximum Gasteiger partial charge on any atom is 0.335 e. The summed E-state index contributed by atoms with van der Waals surface area (Å²) in [4.78, 5) is 194. The van der Waals surface area contributed by atoms with Crippen molar-refractivity contribution in [2.45, 2.75) is 85.5 Å². The summed E-state index contributed by atoms with van der Waals surface area (Å²) in [7, 11) is 1.53. The van der Waals surface area contributed by atoms with Crippen LogP contribution in [0.1, 0.15) is 70.9 Å². The lowest BCUT2D eigenvalue weighted by Gasteiger charge is -2.33. The molecule has 0 fully saturated rings. The first-order chi connectivity index (χ1) is 63.7. The van der Waals surface area contributed by atoms with Crippen molar-refractivity contribution in [1.29, 1.82) is 0 Å². The fourth-order valence-corrected chi connectivity index (χ4v) is 17.4. The second-order valence-corrected chi connectivity index (χ2v) is 33.3. The molecule has 4 heterocycles. The predicted molar refractivity (Wildman–Crippen MR) is 509 cm³/mol. The number of hydrogen-bond acceptors (Lipinski definition) is 14. The number of aromatic amines is 1. The topological polar surface area (TPSA) is 328 Å². The van der Waals surface area contributed by atoms with Crippen molar-refractivity contribution in [3.63, 3.8) is 0 Å². The standard InChI is InChI=1S/C104H94N14O14/c1-64(2)113(73-30-14-9-15-31-73)92(121)62-111-88-58-69(47-55-87(88)116(75-34-18-11-19-35-75)99(126)95(98(111)125)107-103(131)106-72-29-26-28-70(56-72)100(127)128)80-40-27-41-81-83(108-109-94(80)81)59-82-96(123)110(61-91(120)115(66(5)6)78-50-52-79(132-8)53-51-78)85-54-46-68(57-89(85)117(97(82)124)76-36-20-12-21-37-76)67-44-48-71(49-45-67)105-90(119)60-104(7)101(129)112(63-93(122)114(65(3)4)74-32-16-10-17-33-74)84-42-24-25-43-86(84)118(102(104)130)77-38-22-13-23-39-77/h9-58,64-66,82,95H,59-63H2,1-8H3,(H,105,119)(H,108,109)(H,127,128)(H2,106,107,131). The van der Waals surface area contributed by atoms with Crippen LogP contribution in [0.25, 0.3) is 33.2 Å². The number of H-pyrrole nitrogens is 1. The number of carbonyl (C=O) groups is 12. The Hall–Kier alpha value is -16.7. The zero-order valence-corrected chi connectivity index (χ0v) is 73.5. The van der Waals surface area contributed by atoms with Crippen LogP contribution in [0, 0.1) is 11.3 Å². The van der Waals surface area contributed by atoms with Gasteiger partial charge in [0.1, 0.15) is 36.7 Å². The van der Waals surface area contributed by atoms with Crippen LogP contribution in [0.3, 0.4) is 0 Å². The highest BCUT2D eigenvalue weighted by Crippen LogP contribution is 2.48. The van der Waals surface area contributed by atoms with E-state index in [1.807, 2.05) is 59.7 Å². The first-order valence-corrected chi connectivity index (χ1v) is 43.2. The van der Waals surface area contributed by atoms with Crippen molar-refractivity contribution in [2.24, 2.45) is 11.3 Å². The van der Waals surface area contributed by atoms with Crippen LogP contribution in [-0.4, -0.2) is 137 Å². The van der Waals surface area contributed by atoms with Crippen LogP contribution in [0.2, 0.25) is 0 Å². The third-order valence-electron chi connectivity index (χ3n) is 23.6. The number of ether oxygens (including phenoxy) is 1. The van der Waals surface area contributed by atoms with Crippen molar-refractivity contribution in [3.05, 3.63) is 315 Å². The van der Waals surface area contributed by atoms with Crippen LogP contribution >= 0.6 is 0 Å². The summed E-state index contributed by atoms with van der Waals surface area (Å²) in [6.45, 7) is 10.8. The molecule has 3 unspecified atom stereocenters. The molecule has 3 atom stereocenters. The van der Waals surface area contributed by atoms with Gasteiger partial charge in [-0.3, -0.25) is 77.5 Å². The van der Waals surface area contributed by atoms with Crippen LogP contribution in [0.4, 0.5) is 84.4 Å². The lowest BCUT2D eigenvalue weighted by Crippen LogP contribution is -2.57. The molecular weight excluding hydrogens is 1670 g/mol. The molecule has 0 spiro atoms. The van der Waals surface area contributed by atoms with E-state index in [0.717, 1.165) is 4.90 Å². The number of nitrogens with zero attached hydrogens (tertiary/aromatic N) is 10. The van der Waals surface area contributed by atoms with E-state index in [2.05, 4.69) is 21.0 Å². The Morgan fingerprint density at radius 2 is 0.902 bits per heavy atom. The van der Waals surface area contributed by atoms with E-state index in [0.29, 0.717) is 78.7 Å². The van der Waals surface area contributed by atoms with E-state index in [-0.39, 0.29) is 63.5 Å². The molecule has 132 heavy (non-hydrogen) atoms. The maximum absolute atomic E-state index is 16.5. The summed E-state index contributed by atoms with van der Waals surface area (Å²) in [6.07, 6.45) is -0.995. The third-order valence-corrected chi connectivity index (χ3v) is 23.6. The molecule has 5 N–H and O–H groups in total. The number of aromatic carboxylic acids is 1. The van der Waals surface area contributed by atoms with Gasteiger partial charge < -0.3 is 45.4 Å². The summed E-state index contributed by atoms with van der Waals surface area (Å²) in [5.41, 5.74) is 4.77. The van der Waals surface area contributed by atoms with Gasteiger partial charge in [0.15, 0.2) is 6.04 Å². The highest BCUT2D eigenvalue weighted by atomic mass is 16.5. The number of amides is 12. The summed E-state index contributed by atoms with van der Waals surface area (Å²) < 4.78 is 5.49. The molecule has 12 aromatic carbocycles. The van der Waals surface area contributed by atoms with Crippen LogP contribution < -0.4 is 64.8 Å². The number of carbonyl (C=O) groups excluding carboxylic acids is 11. The highest BCUT2D eigenvalue weighted by Gasteiger charge is 2.53. The van der Waals surface area contributed by atoms with Crippen LogP contribution in [-0.2, 0) is 54.4 Å². The lowest BCUT2D eigenvalue weighted by atomic mass is 9.83. The van der Waals surface area contributed by atoms with Gasteiger partial charge in [-0.1, -0.05) is 152 Å². The number of carboxylic acid groups (broad SMARTS) is 1. The summed E-state index contributed by atoms with van der Waals surface area (Å²) >= 11 is 0. The average Bonchev–Trinajstić information content (AvgIpc) is 1.61. The van der Waals surface area contributed by atoms with Gasteiger partial charge in [0.25, 0.3) is 11.8 Å². The van der Waals surface area contributed by atoms with Gasteiger partial charge in [0.2, 0.25) is 47.3 Å². The lowest BCUT2D eigenvalue weighted by molar-refractivity contribution is -0.142. The molecule has 664 valence electrons. The molecule has 12 amide bonds. The minimum absolute atomic E-state index is 0.0421. The SMILES string of the molecule is COc1ccc(N(C(=O)CN2C(=O)C(Cc3n[nH]c4c(-c5ccc6c(c5)N(CC(=O)N(c5ccccc5)C(C)C)C(=O)C(NC(=O)Nc5cccc(C(=O)O)c5)C(=O)N6c5ccccc5)cccc34)C(=O)N(c3ccccc3)c3cc(-c4ccc(NC(=O)CC5(C)C(=O)N(CC(=O)N(c6ccccc6)C(C)C)c6ccccc6N(c6ccccc6)C5=O)cc4)ccc32)C(C)C)cc1.